The van der Waals surface area contributed by atoms with E-state index < -0.39 is 0 Å². The molecule has 1 aromatic rings. The van der Waals surface area contributed by atoms with Gasteiger partial charge in [-0.3, -0.25) is 9.69 Å². The third kappa shape index (κ3) is 4.80. The van der Waals surface area contributed by atoms with Crippen molar-refractivity contribution < 1.29 is 4.79 Å². The van der Waals surface area contributed by atoms with E-state index in [-0.39, 0.29) is 5.91 Å². The summed E-state index contributed by atoms with van der Waals surface area (Å²) >= 11 is 5.89. The van der Waals surface area contributed by atoms with Crippen molar-refractivity contribution in [3.63, 3.8) is 0 Å². The van der Waals surface area contributed by atoms with Crippen LogP contribution in [0.1, 0.15) is 25.5 Å². The summed E-state index contributed by atoms with van der Waals surface area (Å²) in [7, 11) is 0. The summed E-state index contributed by atoms with van der Waals surface area (Å²) in [5, 5.41) is 3.45. The number of nitrogens with one attached hydrogen (secondary N) is 1. The van der Waals surface area contributed by atoms with E-state index in [2.05, 4.69) is 15.2 Å². The van der Waals surface area contributed by atoms with Crippen LogP contribution in [0.15, 0.2) is 18.2 Å². The van der Waals surface area contributed by atoms with Crippen molar-refractivity contribution in [2.24, 2.45) is 5.92 Å². The summed E-state index contributed by atoms with van der Waals surface area (Å²) in [6.07, 6.45) is 2.25. The molecule has 1 fully saturated rings. The normalized spacial score (nSPS) is 17.4. The first-order chi connectivity index (χ1) is 9.13. The second kappa shape index (κ2) is 6.87. The molecule has 0 aliphatic carbocycles. The lowest BCUT2D eigenvalue weighted by Gasteiger charge is -2.31. The fourth-order valence-electron chi connectivity index (χ4n) is 2.40. The molecule has 0 aromatic carbocycles. The molecule has 0 spiro atoms. The summed E-state index contributed by atoms with van der Waals surface area (Å²) in [5.74, 6) is 0.665. The van der Waals surface area contributed by atoms with Gasteiger partial charge >= 0.3 is 0 Å². The van der Waals surface area contributed by atoms with Crippen LogP contribution in [0.25, 0.3) is 0 Å². The van der Waals surface area contributed by atoms with Gasteiger partial charge in [-0.05, 0) is 44.0 Å². The number of pyridine rings is 1. The van der Waals surface area contributed by atoms with Gasteiger partial charge in [0.25, 0.3) is 0 Å². The van der Waals surface area contributed by atoms with E-state index in [0.29, 0.717) is 11.1 Å². The van der Waals surface area contributed by atoms with Gasteiger partial charge in [-0.2, -0.15) is 0 Å². The van der Waals surface area contributed by atoms with Gasteiger partial charge < -0.3 is 5.32 Å². The predicted molar refractivity (Wildman–Crippen MR) is 75.9 cm³/mol. The zero-order chi connectivity index (χ0) is 13.7. The largest absolute Gasteiger partial charge is 0.356 e. The number of piperidine rings is 1. The first-order valence-corrected chi connectivity index (χ1v) is 7.09. The number of hydrogen-bond donors (Lipinski definition) is 1. The van der Waals surface area contributed by atoms with E-state index in [0.717, 1.165) is 44.7 Å². The number of nitrogens with zero attached hydrogens (tertiary/aromatic N) is 2. The fraction of sp³-hybridized carbons (Fsp3) is 0.571. The van der Waals surface area contributed by atoms with Crippen LogP contribution < -0.4 is 5.32 Å². The van der Waals surface area contributed by atoms with Crippen molar-refractivity contribution in [1.29, 1.82) is 0 Å². The summed E-state index contributed by atoms with van der Waals surface area (Å²) < 4.78 is 0. The molecule has 5 heteroatoms. The highest BCUT2D eigenvalue weighted by atomic mass is 35.5. The molecule has 104 valence electrons. The van der Waals surface area contributed by atoms with Gasteiger partial charge in [-0.1, -0.05) is 17.7 Å². The number of likely N-dealkylation sites (tertiary alicyclic amines) is 1. The first-order valence-electron chi connectivity index (χ1n) is 6.71. The molecule has 1 N–H and O–H groups in total. The molecule has 0 bridgehead atoms. The summed E-state index contributed by atoms with van der Waals surface area (Å²) in [6.45, 7) is 5.34. The third-order valence-electron chi connectivity index (χ3n) is 3.51. The summed E-state index contributed by atoms with van der Waals surface area (Å²) in [5.41, 5.74) is 1.02. The first kappa shape index (κ1) is 14.3. The second-order valence-electron chi connectivity index (χ2n) is 5.11. The molecule has 19 heavy (non-hydrogen) atoms. The molecular formula is C14H20ClN3O. The molecule has 1 amide bonds. The molecule has 0 unspecified atom stereocenters. The average molecular weight is 282 g/mol. The standard InChI is InChI=1S/C14H20ClN3O/c1-11(19)16-9-12-5-7-18(8-6-12)10-13-3-2-4-14(15)17-13/h2-4,12H,5-10H2,1H3,(H,16,19). The van der Waals surface area contributed by atoms with Gasteiger partial charge in [0.05, 0.1) is 5.69 Å². The number of aromatic nitrogens is 1. The van der Waals surface area contributed by atoms with Gasteiger partial charge in [-0.15, -0.1) is 0 Å². The average Bonchev–Trinajstić information content (AvgIpc) is 2.38. The van der Waals surface area contributed by atoms with Crippen molar-refractivity contribution >= 4 is 17.5 Å². The van der Waals surface area contributed by atoms with Crippen LogP contribution in [0.5, 0.6) is 0 Å². The lowest BCUT2D eigenvalue weighted by atomic mass is 9.96. The highest BCUT2D eigenvalue weighted by Gasteiger charge is 2.19. The maximum absolute atomic E-state index is 10.9. The van der Waals surface area contributed by atoms with E-state index in [4.69, 9.17) is 11.6 Å². The number of halogens is 1. The zero-order valence-electron chi connectivity index (χ0n) is 11.2. The Bertz CT molecular complexity index is 430. The Hall–Kier alpha value is -1.13. The minimum absolute atomic E-state index is 0.0607. The molecule has 0 saturated carbocycles. The summed E-state index contributed by atoms with van der Waals surface area (Å²) in [4.78, 5) is 17.6. The maximum atomic E-state index is 10.9. The number of rotatable bonds is 4. The SMILES string of the molecule is CC(=O)NCC1CCN(Cc2cccc(Cl)n2)CC1. The van der Waals surface area contributed by atoms with Gasteiger partial charge in [0.1, 0.15) is 5.15 Å². The Labute approximate surface area is 119 Å². The Morgan fingerprint density at radius 2 is 2.21 bits per heavy atom. The lowest BCUT2D eigenvalue weighted by molar-refractivity contribution is -0.119. The molecule has 4 nitrogen and oxygen atoms in total. The van der Waals surface area contributed by atoms with Crippen LogP contribution in [0, 0.1) is 5.92 Å². The fourth-order valence-corrected chi connectivity index (χ4v) is 2.59. The zero-order valence-corrected chi connectivity index (χ0v) is 12.0. The van der Waals surface area contributed by atoms with E-state index in [1.54, 1.807) is 13.0 Å². The number of carbonyl (C=O) groups excluding carboxylic acids is 1. The molecule has 2 heterocycles. The Morgan fingerprint density at radius 1 is 1.47 bits per heavy atom. The highest BCUT2D eigenvalue weighted by molar-refractivity contribution is 6.29. The minimum Gasteiger partial charge on any atom is -0.356 e. The smallest absolute Gasteiger partial charge is 0.216 e. The molecular weight excluding hydrogens is 262 g/mol. The lowest BCUT2D eigenvalue weighted by Crippen LogP contribution is -2.37. The molecule has 1 aliphatic heterocycles. The van der Waals surface area contributed by atoms with Crippen molar-refractivity contribution in [3.8, 4) is 0 Å². The molecule has 2 rings (SSSR count). The maximum Gasteiger partial charge on any atom is 0.216 e. The Balaban J connectivity index is 1.75. The third-order valence-corrected chi connectivity index (χ3v) is 3.72. The number of amides is 1. The van der Waals surface area contributed by atoms with Gasteiger partial charge in [0.15, 0.2) is 0 Å². The van der Waals surface area contributed by atoms with Crippen LogP contribution in [0.2, 0.25) is 5.15 Å². The van der Waals surface area contributed by atoms with Gasteiger partial charge in [-0.25, -0.2) is 4.98 Å². The van der Waals surface area contributed by atoms with Crippen LogP contribution in [-0.2, 0) is 11.3 Å². The monoisotopic (exact) mass is 281 g/mol. The van der Waals surface area contributed by atoms with Crippen LogP contribution in [-0.4, -0.2) is 35.4 Å². The molecule has 0 atom stereocenters. The molecule has 0 radical (unpaired) electrons. The molecule has 1 aromatic heterocycles. The molecule has 1 saturated heterocycles. The quantitative estimate of drug-likeness (QED) is 0.860. The highest BCUT2D eigenvalue weighted by Crippen LogP contribution is 2.18. The van der Waals surface area contributed by atoms with Gasteiger partial charge in [0, 0.05) is 20.0 Å². The van der Waals surface area contributed by atoms with Crippen molar-refractivity contribution in [2.75, 3.05) is 19.6 Å². The number of hydrogen-bond acceptors (Lipinski definition) is 3. The molecule has 1 aliphatic rings. The Morgan fingerprint density at radius 3 is 2.84 bits per heavy atom. The van der Waals surface area contributed by atoms with Crippen molar-refractivity contribution in [2.45, 2.75) is 26.3 Å². The van der Waals surface area contributed by atoms with Crippen LogP contribution in [0.3, 0.4) is 0 Å². The van der Waals surface area contributed by atoms with Crippen molar-refractivity contribution in [1.82, 2.24) is 15.2 Å². The van der Waals surface area contributed by atoms with E-state index in [9.17, 15) is 4.79 Å². The summed E-state index contributed by atoms with van der Waals surface area (Å²) in [6, 6.07) is 5.74. The van der Waals surface area contributed by atoms with Crippen molar-refractivity contribution in [3.05, 3.63) is 29.0 Å². The van der Waals surface area contributed by atoms with E-state index in [1.807, 2.05) is 12.1 Å². The van der Waals surface area contributed by atoms with Crippen LogP contribution in [0.4, 0.5) is 0 Å². The van der Waals surface area contributed by atoms with Gasteiger partial charge in [0.2, 0.25) is 5.91 Å². The minimum atomic E-state index is 0.0607. The number of carbonyl (C=O) groups is 1. The Kier molecular flexibility index (Phi) is 5.16. The topological polar surface area (TPSA) is 45.2 Å². The van der Waals surface area contributed by atoms with E-state index in [1.165, 1.54) is 0 Å². The second-order valence-corrected chi connectivity index (χ2v) is 5.50. The predicted octanol–water partition coefficient (Wildman–Crippen LogP) is 2.08. The van der Waals surface area contributed by atoms with E-state index >= 15 is 0 Å². The van der Waals surface area contributed by atoms with Crippen LogP contribution >= 0.6 is 11.6 Å².